The van der Waals surface area contributed by atoms with Crippen LogP contribution in [0.25, 0.3) is 0 Å². The lowest BCUT2D eigenvalue weighted by Gasteiger charge is -2.12. The molecular weight excluding hydrogens is 514 g/mol. The normalized spacial score (nSPS) is 10.5. The first kappa shape index (κ1) is 13.7. The van der Waals surface area contributed by atoms with Gasteiger partial charge in [-0.2, -0.15) is 0 Å². The Hall–Kier alpha value is 1.60. The van der Waals surface area contributed by atoms with Crippen molar-refractivity contribution in [3.05, 3.63) is 22.4 Å². The second kappa shape index (κ2) is 5.29. The summed E-state index contributed by atoms with van der Waals surface area (Å²) in [5.41, 5.74) is 0.368. The van der Waals surface area contributed by atoms with Crippen molar-refractivity contribution in [2.75, 3.05) is 0 Å². The van der Waals surface area contributed by atoms with Crippen molar-refractivity contribution in [2.45, 2.75) is 0 Å². The van der Waals surface area contributed by atoms with E-state index in [1.807, 2.05) is 0 Å². The highest BCUT2D eigenvalue weighted by atomic mass is 79.9. The third kappa shape index (κ3) is 2.47. The van der Waals surface area contributed by atoms with Crippen LogP contribution in [-0.2, 0) is 0 Å². The zero-order valence-electron chi connectivity index (χ0n) is 6.36. The van der Waals surface area contributed by atoms with E-state index in [1.54, 1.807) is 0 Å². The molecule has 0 aliphatic heterocycles. The zero-order chi connectivity index (χ0) is 11.0. The van der Waals surface area contributed by atoms with Crippen molar-refractivity contribution in [1.82, 2.24) is 0 Å². The molecule has 0 aliphatic carbocycles. The van der Waals surface area contributed by atoms with Crippen molar-refractivity contribution in [1.29, 1.82) is 0 Å². The van der Waals surface area contributed by atoms with Gasteiger partial charge in [-0.3, -0.25) is 0 Å². The van der Waals surface area contributed by atoms with E-state index < -0.39 is 7.12 Å². The van der Waals surface area contributed by atoms with Gasteiger partial charge in [-0.1, -0.05) is 0 Å². The Kier molecular flexibility index (Phi) is 5.17. The average molecular weight is 516 g/mol. The first-order chi connectivity index (χ1) is 6.37. The number of hydrogen-bond acceptors (Lipinski definition) is 2. The van der Waals surface area contributed by atoms with Crippen molar-refractivity contribution < 1.29 is 10.0 Å². The fraction of sp³-hybridized carbons (Fsp3) is 0. The second-order valence-electron chi connectivity index (χ2n) is 2.36. The Labute approximate surface area is 123 Å². The molecule has 0 aliphatic rings. The second-order valence-corrected chi connectivity index (χ2v) is 6.32. The third-order valence-electron chi connectivity index (χ3n) is 1.50. The van der Waals surface area contributed by atoms with E-state index in [1.165, 1.54) is 0 Å². The lowest BCUT2D eigenvalue weighted by Crippen LogP contribution is -2.32. The molecule has 0 spiro atoms. The fourth-order valence-electron chi connectivity index (χ4n) is 0.849. The summed E-state index contributed by atoms with van der Waals surface area (Å²) in [7, 11) is -1.54. The SMILES string of the molecule is OB(O)c1c(Br)c(Br)c(Br)c(Br)c1Br. The molecule has 0 aromatic heterocycles. The topological polar surface area (TPSA) is 40.5 Å². The first-order valence-corrected chi connectivity index (χ1v) is 7.21. The predicted octanol–water partition coefficient (Wildman–Crippen LogP) is 3.18. The molecule has 0 saturated heterocycles. The monoisotopic (exact) mass is 512 g/mol. The summed E-state index contributed by atoms with van der Waals surface area (Å²) in [6.07, 6.45) is 0. The van der Waals surface area contributed by atoms with Gasteiger partial charge in [0.25, 0.3) is 0 Å². The predicted molar refractivity (Wildman–Crippen MR) is 74.8 cm³/mol. The summed E-state index contributed by atoms with van der Waals surface area (Å²) < 4.78 is 3.41. The van der Waals surface area contributed by atoms with Crippen LogP contribution < -0.4 is 5.46 Å². The van der Waals surface area contributed by atoms with Gasteiger partial charge in [0.2, 0.25) is 0 Å². The lowest BCUT2D eigenvalue weighted by atomic mass is 9.80. The van der Waals surface area contributed by atoms with Crippen LogP contribution in [0.1, 0.15) is 0 Å². The quantitative estimate of drug-likeness (QED) is 0.342. The van der Waals surface area contributed by atoms with E-state index in [0.717, 1.165) is 13.4 Å². The summed E-state index contributed by atoms with van der Waals surface area (Å²) in [6.45, 7) is 0. The van der Waals surface area contributed by atoms with Gasteiger partial charge in [-0.15, -0.1) is 0 Å². The minimum absolute atomic E-state index is 0.368. The number of benzene rings is 1. The number of hydrogen-bond donors (Lipinski definition) is 2. The van der Waals surface area contributed by atoms with E-state index in [4.69, 9.17) is 10.0 Å². The van der Waals surface area contributed by atoms with Gasteiger partial charge < -0.3 is 10.0 Å². The van der Waals surface area contributed by atoms with Crippen molar-refractivity contribution >= 4 is 92.2 Å². The minimum atomic E-state index is -1.54. The number of rotatable bonds is 1. The van der Waals surface area contributed by atoms with Gasteiger partial charge in [0, 0.05) is 27.8 Å². The van der Waals surface area contributed by atoms with Gasteiger partial charge >= 0.3 is 7.12 Å². The summed E-state index contributed by atoms with van der Waals surface area (Å²) >= 11 is 16.5. The van der Waals surface area contributed by atoms with E-state index in [-0.39, 0.29) is 0 Å². The summed E-state index contributed by atoms with van der Waals surface area (Å²) in [6, 6.07) is 0. The molecule has 14 heavy (non-hydrogen) atoms. The Balaban J connectivity index is 3.60. The Bertz CT molecular complexity index is 352. The molecule has 0 bridgehead atoms. The standard InChI is InChI=1S/C6H2BBr5O2/c8-2-1(7(13)14)3(9)5(11)6(12)4(2)10/h13-14H. The van der Waals surface area contributed by atoms with Crippen LogP contribution >= 0.6 is 79.6 Å². The summed E-state index contributed by atoms with van der Waals surface area (Å²) in [5, 5.41) is 18.3. The number of halogens is 5. The van der Waals surface area contributed by atoms with Crippen molar-refractivity contribution in [3.8, 4) is 0 Å². The summed E-state index contributed by atoms with van der Waals surface area (Å²) in [4.78, 5) is 0. The molecule has 0 heterocycles. The Morgan fingerprint density at radius 1 is 0.643 bits per heavy atom. The highest BCUT2D eigenvalue weighted by Gasteiger charge is 2.25. The van der Waals surface area contributed by atoms with E-state index in [9.17, 15) is 0 Å². The van der Waals surface area contributed by atoms with Gasteiger partial charge in [0.15, 0.2) is 0 Å². The fourth-order valence-corrected chi connectivity index (χ4v) is 4.34. The average Bonchev–Trinajstić information content (AvgIpc) is 2.11. The lowest BCUT2D eigenvalue weighted by molar-refractivity contribution is 0.425. The summed E-state index contributed by atoms with van der Waals surface area (Å²) in [5.74, 6) is 0. The van der Waals surface area contributed by atoms with Crippen molar-refractivity contribution in [2.24, 2.45) is 0 Å². The molecule has 0 fully saturated rings. The van der Waals surface area contributed by atoms with Crippen LogP contribution in [0, 0.1) is 0 Å². The highest BCUT2D eigenvalue weighted by molar-refractivity contribution is 9.15. The molecule has 8 heteroatoms. The van der Waals surface area contributed by atoms with E-state index in [2.05, 4.69) is 79.6 Å². The van der Waals surface area contributed by atoms with Crippen LogP contribution in [0.3, 0.4) is 0 Å². The molecular formula is C6H2BBr5O2. The largest absolute Gasteiger partial charge is 0.490 e. The Morgan fingerprint density at radius 3 is 1.21 bits per heavy atom. The van der Waals surface area contributed by atoms with Crippen LogP contribution in [0.5, 0.6) is 0 Å². The Morgan fingerprint density at radius 2 is 0.929 bits per heavy atom. The first-order valence-electron chi connectivity index (χ1n) is 3.25. The van der Waals surface area contributed by atoms with Gasteiger partial charge in [0.1, 0.15) is 0 Å². The van der Waals surface area contributed by atoms with Gasteiger partial charge in [0.05, 0.1) is 0 Å². The zero-order valence-corrected chi connectivity index (χ0v) is 14.3. The van der Waals surface area contributed by atoms with E-state index >= 15 is 0 Å². The maximum atomic E-state index is 9.16. The maximum absolute atomic E-state index is 9.16. The molecule has 2 N–H and O–H groups in total. The van der Waals surface area contributed by atoms with Crippen molar-refractivity contribution in [3.63, 3.8) is 0 Å². The molecule has 0 unspecified atom stereocenters. The smallest absolute Gasteiger partial charge is 0.423 e. The molecule has 1 aromatic rings. The molecule has 0 atom stereocenters. The molecule has 0 radical (unpaired) electrons. The maximum Gasteiger partial charge on any atom is 0.490 e. The van der Waals surface area contributed by atoms with Crippen LogP contribution in [-0.4, -0.2) is 17.2 Å². The van der Waals surface area contributed by atoms with E-state index in [0.29, 0.717) is 14.4 Å². The minimum Gasteiger partial charge on any atom is -0.423 e. The molecule has 0 saturated carbocycles. The van der Waals surface area contributed by atoms with Crippen LogP contribution in [0.15, 0.2) is 22.4 Å². The van der Waals surface area contributed by atoms with Gasteiger partial charge in [-0.25, -0.2) is 0 Å². The molecule has 1 aromatic carbocycles. The van der Waals surface area contributed by atoms with Crippen LogP contribution in [0.2, 0.25) is 0 Å². The van der Waals surface area contributed by atoms with Gasteiger partial charge in [-0.05, 0) is 79.6 Å². The molecule has 2 nitrogen and oxygen atoms in total. The van der Waals surface area contributed by atoms with Crippen LogP contribution in [0.4, 0.5) is 0 Å². The molecule has 0 amide bonds. The third-order valence-corrected chi connectivity index (χ3v) is 7.66. The molecule has 76 valence electrons. The molecule has 1 rings (SSSR count). The highest BCUT2D eigenvalue weighted by Crippen LogP contribution is 2.39.